The van der Waals surface area contributed by atoms with Crippen molar-refractivity contribution < 1.29 is 18.3 Å². The SMILES string of the molecule is Cc1ccc(-c2nc3c(nc2-c2ccc(Cl)cc2)N(CCCCCCC(=O)NS(=O)(=O)c2ccccc2)CC(O)C3)cc1. The number of hydrogen-bond acceptors (Lipinski definition) is 7. The molecule has 1 aromatic heterocycles. The Morgan fingerprint density at radius 3 is 2.23 bits per heavy atom. The Balaban J connectivity index is 1.23. The first-order valence-corrected chi connectivity index (χ1v) is 16.3. The summed E-state index contributed by atoms with van der Waals surface area (Å²) in [6.07, 6.45) is 3.04. The van der Waals surface area contributed by atoms with E-state index in [1.165, 1.54) is 12.1 Å². The molecule has 0 saturated carbocycles. The fraction of sp³-hybridized carbons (Fsp3) is 0.303. The van der Waals surface area contributed by atoms with Crippen LogP contribution in [-0.2, 0) is 21.2 Å². The Hall–Kier alpha value is -3.79. The lowest BCUT2D eigenvalue weighted by atomic mass is 10.0. The molecule has 0 spiro atoms. The summed E-state index contributed by atoms with van der Waals surface area (Å²) >= 11 is 6.17. The number of hydrogen-bond donors (Lipinski definition) is 2. The molecule has 1 aliphatic rings. The molecule has 2 N–H and O–H groups in total. The van der Waals surface area contributed by atoms with Crippen LogP contribution in [0.1, 0.15) is 43.4 Å². The molecule has 1 aliphatic heterocycles. The third kappa shape index (κ3) is 7.79. The molecule has 0 fully saturated rings. The van der Waals surface area contributed by atoms with E-state index in [1.807, 2.05) is 43.3 Å². The summed E-state index contributed by atoms with van der Waals surface area (Å²) in [6.45, 7) is 3.19. The van der Waals surface area contributed by atoms with Crippen molar-refractivity contribution >= 4 is 33.3 Å². The van der Waals surface area contributed by atoms with E-state index in [4.69, 9.17) is 21.6 Å². The minimum atomic E-state index is -3.85. The summed E-state index contributed by atoms with van der Waals surface area (Å²) < 4.78 is 26.8. The average Bonchev–Trinajstić information content (AvgIpc) is 2.99. The largest absolute Gasteiger partial charge is 0.391 e. The van der Waals surface area contributed by atoms with Crippen LogP contribution in [0.15, 0.2) is 83.8 Å². The highest BCUT2D eigenvalue weighted by Crippen LogP contribution is 2.35. The summed E-state index contributed by atoms with van der Waals surface area (Å²) in [5, 5.41) is 11.3. The molecule has 3 aromatic carbocycles. The number of nitrogens with zero attached hydrogens (tertiary/aromatic N) is 3. The molecular weight excluding hydrogens is 584 g/mol. The number of carbonyl (C=O) groups excluding carboxylic acids is 1. The van der Waals surface area contributed by atoms with Crippen molar-refractivity contribution in [3.05, 3.63) is 95.1 Å². The Morgan fingerprint density at radius 2 is 1.53 bits per heavy atom. The van der Waals surface area contributed by atoms with Gasteiger partial charge in [-0.1, -0.05) is 84.6 Å². The van der Waals surface area contributed by atoms with Crippen LogP contribution >= 0.6 is 11.6 Å². The number of amides is 1. The standard InChI is InChI=1S/C33H35ClN4O4S/c1-23-12-14-24(15-13-23)31-32(25-16-18-26(34)19-17-25)36-33-29(35-31)21-27(39)22-38(33)20-8-3-2-7-11-30(40)37-43(41,42)28-9-5-4-6-10-28/h4-6,9-10,12-19,27,39H,2-3,7-8,11,20-22H2,1H3,(H,37,40). The van der Waals surface area contributed by atoms with Crippen molar-refractivity contribution in [3.63, 3.8) is 0 Å². The predicted molar refractivity (Wildman–Crippen MR) is 169 cm³/mol. The fourth-order valence-corrected chi connectivity index (χ4v) is 6.36. The number of unbranched alkanes of at least 4 members (excludes halogenated alkanes) is 3. The lowest BCUT2D eigenvalue weighted by Gasteiger charge is -2.33. The molecule has 1 unspecified atom stereocenters. The Labute approximate surface area is 257 Å². The Kier molecular flexibility index (Phi) is 9.75. The van der Waals surface area contributed by atoms with Crippen LogP contribution in [0, 0.1) is 6.92 Å². The van der Waals surface area contributed by atoms with E-state index in [0.717, 1.165) is 58.9 Å². The van der Waals surface area contributed by atoms with Crippen LogP contribution in [0.5, 0.6) is 0 Å². The van der Waals surface area contributed by atoms with Gasteiger partial charge in [0.1, 0.15) is 0 Å². The van der Waals surface area contributed by atoms with Gasteiger partial charge in [0.2, 0.25) is 5.91 Å². The zero-order valence-corrected chi connectivity index (χ0v) is 25.6. The number of fused-ring (bicyclic) bond motifs is 1. The number of carbonyl (C=O) groups is 1. The number of aryl methyl sites for hydroxylation is 1. The topological polar surface area (TPSA) is 112 Å². The van der Waals surface area contributed by atoms with Crippen molar-refractivity contribution in [1.82, 2.24) is 14.7 Å². The van der Waals surface area contributed by atoms with Gasteiger partial charge in [-0.3, -0.25) is 4.79 Å². The number of nitrogens with one attached hydrogen (secondary N) is 1. The van der Waals surface area contributed by atoms with Crippen molar-refractivity contribution in [2.24, 2.45) is 0 Å². The number of benzene rings is 3. The van der Waals surface area contributed by atoms with Gasteiger partial charge in [0, 0.05) is 42.1 Å². The van der Waals surface area contributed by atoms with Crippen molar-refractivity contribution in [3.8, 4) is 22.5 Å². The second-order valence-electron chi connectivity index (χ2n) is 10.9. The number of aromatic nitrogens is 2. The average molecular weight is 619 g/mol. The number of halogens is 1. The summed E-state index contributed by atoms with van der Waals surface area (Å²) in [5.74, 6) is 0.267. The highest BCUT2D eigenvalue weighted by molar-refractivity contribution is 7.90. The van der Waals surface area contributed by atoms with Gasteiger partial charge >= 0.3 is 0 Å². The number of sulfonamides is 1. The van der Waals surface area contributed by atoms with Crippen LogP contribution < -0.4 is 9.62 Å². The quantitative estimate of drug-likeness (QED) is 0.200. The number of β-amino-alcohol motifs (C(OH)–C–C–N with tert-alkyl or cyclic N) is 1. The van der Waals surface area contributed by atoms with E-state index in [-0.39, 0.29) is 11.3 Å². The van der Waals surface area contributed by atoms with Gasteiger partial charge in [-0.25, -0.2) is 23.1 Å². The molecule has 1 atom stereocenters. The lowest BCUT2D eigenvalue weighted by Crippen LogP contribution is -2.40. The molecule has 0 radical (unpaired) electrons. The highest BCUT2D eigenvalue weighted by atomic mass is 35.5. The van der Waals surface area contributed by atoms with Gasteiger partial charge in [-0.2, -0.15) is 0 Å². The zero-order chi connectivity index (χ0) is 30.4. The smallest absolute Gasteiger partial charge is 0.264 e. The molecule has 5 rings (SSSR count). The zero-order valence-electron chi connectivity index (χ0n) is 24.0. The molecule has 1 amide bonds. The van der Waals surface area contributed by atoms with Gasteiger partial charge in [0.25, 0.3) is 10.0 Å². The monoisotopic (exact) mass is 618 g/mol. The molecule has 8 nitrogen and oxygen atoms in total. The molecule has 224 valence electrons. The van der Waals surface area contributed by atoms with Crippen LogP contribution in [0.4, 0.5) is 5.82 Å². The molecule has 10 heteroatoms. The summed E-state index contributed by atoms with van der Waals surface area (Å²) in [7, 11) is -3.85. The molecule has 0 bridgehead atoms. The predicted octanol–water partition coefficient (Wildman–Crippen LogP) is 5.95. The molecule has 43 heavy (non-hydrogen) atoms. The van der Waals surface area contributed by atoms with E-state index in [9.17, 15) is 18.3 Å². The maximum absolute atomic E-state index is 12.3. The molecule has 2 heterocycles. The number of anilines is 1. The first kappa shape index (κ1) is 30.7. The second-order valence-corrected chi connectivity index (χ2v) is 13.0. The second kappa shape index (κ2) is 13.7. The number of rotatable bonds is 11. The van der Waals surface area contributed by atoms with E-state index < -0.39 is 22.0 Å². The van der Waals surface area contributed by atoms with E-state index in [0.29, 0.717) is 31.0 Å². The first-order chi connectivity index (χ1) is 20.7. The fourth-order valence-electron chi connectivity index (χ4n) is 5.20. The van der Waals surface area contributed by atoms with Crippen LogP contribution in [0.3, 0.4) is 0 Å². The van der Waals surface area contributed by atoms with E-state index >= 15 is 0 Å². The van der Waals surface area contributed by atoms with E-state index in [2.05, 4.69) is 21.8 Å². The van der Waals surface area contributed by atoms with Crippen molar-refractivity contribution in [2.45, 2.75) is 56.4 Å². The third-order valence-corrected chi connectivity index (χ3v) is 9.07. The minimum absolute atomic E-state index is 0.0701. The molecule has 0 saturated heterocycles. The summed E-state index contributed by atoms with van der Waals surface area (Å²) in [5.41, 5.74) is 5.32. The van der Waals surface area contributed by atoms with Gasteiger partial charge in [0.05, 0.1) is 28.1 Å². The third-order valence-electron chi connectivity index (χ3n) is 7.43. The highest BCUT2D eigenvalue weighted by Gasteiger charge is 2.28. The van der Waals surface area contributed by atoms with Crippen molar-refractivity contribution in [2.75, 3.05) is 18.0 Å². The van der Waals surface area contributed by atoms with Gasteiger partial charge < -0.3 is 10.0 Å². The molecule has 4 aromatic rings. The van der Waals surface area contributed by atoms with Crippen LogP contribution in [0.25, 0.3) is 22.5 Å². The van der Waals surface area contributed by atoms with Gasteiger partial charge in [0.15, 0.2) is 5.82 Å². The Morgan fingerprint density at radius 1 is 0.907 bits per heavy atom. The van der Waals surface area contributed by atoms with Crippen molar-refractivity contribution in [1.29, 1.82) is 0 Å². The van der Waals surface area contributed by atoms with Gasteiger partial charge in [-0.05, 0) is 44.0 Å². The summed E-state index contributed by atoms with van der Waals surface area (Å²) in [6, 6.07) is 23.6. The Bertz CT molecular complexity index is 1660. The number of aliphatic hydroxyl groups is 1. The molecular formula is C33H35ClN4O4S. The number of aliphatic hydroxyl groups excluding tert-OH is 1. The maximum atomic E-state index is 12.3. The van der Waals surface area contributed by atoms with Crippen LogP contribution in [0.2, 0.25) is 5.02 Å². The first-order valence-electron chi connectivity index (χ1n) is 14.5. The van der Waals surface area contributed by atoms with E-state index in [1.54, 1.807) is 18.2 Å². The lowest BCUT2D eigenvalue weighted by molar-refractivity contribution is -0.119. The molecule has 0 aliphatic carbocycles. The van der Waals surface area contributed by atoms with Crippen LogP contribution in [-0.4, -0.2) is 48.6 Å². The summed E-state index contributed by atoms with van der Waals surface area (Å²) in [4.78, 5) is 24.6. The minimum Gasteiger partial charge on any atom is -0.391 e. The van der Waals surface area contributed by atoms with Gasteiger partial charge in [-0.15, -0.1) is 0 Å². The normalized spacial score (nSPS) is 14.8. The maximum Gasteiger partial charge on any atom is 0.264 e.